The summed E-state index contributed by atoms with van der Waals surface area (Å²) in [6, 6.07) is 8.10. The van der Waals surface area contributed by atoms with E-state index in [1.807, 2.05) is 12.1 Å². The van der Waals surface area contributed by atoms with E-state index in [0.717, 1.165) is 6.54 Å². The van der Waals surface area contributed by atoms with E-state index in [1.54, 1.807) is 12.1 Å². The van der Waals surface area contributed by atoms with Gasteiger partial charge in [-0.15, -0.1) is 0 Å². The van der Waals surface area contributed by atoms with E-state index in [9.17, 15) is 4.39 Å². The van der Waals surface area contributed by atoms with Crippen molar-refractivity contribution in [2.24, 2.45) is 5.73 Å². The van der Waals surface area contributed by atoms with Gasteiger partial charge in [-0.3, -0.25) is 4.90 Å². The van der Waals surface area contributed by atoms with E-state index in [4.69, 9.17) is 5.73 Å². The molecule has 0 bridgehead atoms. The van der Waals surface area contributed by atoms with Gasteiger partial charge in [0.25, 0.3) is 0 Å². The Balaban J connectivity index is 1.62. The number of rotatable bonds is 2. The summed E-state index contributed by atoms with van der Waals surface area (Å²) in [4.78, 5) is 2.58. The van der Waals surface area contributed by atoms with Crippen LogP contribution in [0.15, 0.2) is 24.3 Å². The summed E-state index contributed by atoms with van der Waals surface area (Å²) in [5.74, 6) is 0.462. The molecule has 0 radical (unpaired) electrons. The van der Waals surface area contributed by atoms with Crippen LogP contribution < -0.4 is 5.73 Å². The molecule has 2 aliphatic rings. The quantitative estimate of drug-likeness (QED) is 0.888. The highest BCUT2D eigenvalue weighted by molar-refractivity contribution is 5.22. The summed E-state index contributed by atoms with van der Waals surface area (Å²) < 4.78 is 13.0. The SMILES string of the molecule is NC1CCCN(C2CCC(c3ccc(F)cc3)C2)C1. The number of hydrogen-bond acceptors (Lipinski definition) is 2. The molecule has 1 aromatic carbocycles. The molecule has 19 heavy (non-hydrogen) atoms. The van der Waals surface area contributed by atoms with Crippen molar-refractivity contribution in [3.05, 3.63) is 35.6 Å². The first-order valence-corrected chi connectivity index (χ1v) is 7.47. The molecule has 2 fully saturated rings. The highest BCUT2D eigenvalue weighted by Crippen LogP contribution is 2.37. The Kier molecular flexibility index (Phi) is 3.85. The van der Waals surface area contributed by atoms with E-state index >= 15 is 0 Å². The third-order valence-electron chi connectivity index (χ3n) is 4.75. The number of piperidine rings is 1. The lowest BCUT2D eigenvalue weighted by molar-refractivity contribution is 0.150. The number of nitrogens with two attached hydrogens (primary N) is 1. The van der Waals surface area contributed by atoms with Crippen molar-refractivity contribution in [3.63, 3.8) is 0 Å². The van der Waals surface area contributed by atoms with Gasteiger partial charge < -0.3 is 5.73 Å². The first kappa shape index (κ1) is 13.1. The van der Waals surface area contributed by atoms with Gasteiger partial charge in [0.2, 0.25) is 0 Å². The lowest BCUT2D eigenvalue weighted by Gasteiger charge is -2.35. The van der Waals surface area contributed by atoms with Crippen molar-refractivity contribution in [2.45, 2.75) is 50.1 Å². The van der Waals surface area contributed by atoms with Crippen molar-refractivity contribution in [2.75, 3.05) is 13.1 Å². The van der Waals surface area contributed by atoms with E-state index < -0.39 is 0 Å². The number of likely N-dealkylation sites (tertiary alicyclic amines) is 1. The molecule has 1 aliphatic heterocycles. The number of benzene rings is 1. The van der Waals surface area contributed by atoms with Crippen LogP contribution in [0.2, 0.25) is 0 Å². The summed E-state index contributed by atoms with van der Waals surface area (Å²) >= 11 is 0. The standard InChI is InChI=1S/C16H23FN2/c17-14-6-3-12(4-7-14)13-5-8-16(10-13)19-9-1-2-15(18)11-19/h3-4,6-7,13,15-16H,1-2,5,8-11,18H2. The Bertz CT molecular complexity index is 417. The average molecular weight is 262 g/mol. The van der Waals surface area contributed by atoms with Crippen molar-refractivity contribution in [3.8, 4) is 0 Å². The molecule has 3 rings (SSSR count). The maximum Gasteiger partial charge on any atom is 0.123 e. The van der Waals surface area contributed by atoms with Gasteiger partial charge in [-0.2, -0.15) is 0 Å². The van der Waals surface area contributed by atoms with Crippen LogP contribution in [0, 0.1) is 5.82 Å². The monoisotopic (exact) mass is 262 g/mol. The molecule has 1 aliphatic carbocycles. The summed E-state index contributed by atoms with van der Waals surface area (Å²) in [5, 5.41) is 0. The van der Waals surface area contributed by atoms with E-state index in [-0.39, 0.29) is 5.82 Å². The fraction of sp³-hybridized carbons (Fsp3) is 0.625. The smallest absolute Gasteiger partial charge is 0.123 e. The zero-order valence-electron chi connectivity index (χ0n) is 11.4. The van der Waals surface area contributed by atoms with Crippen molar-refractivity contribution < 1.29 is 4.39 Å². The Hall–Kier alpha value is -0.930. The third-order valence-corrected chi connectivity index (χ3v) is 4.75. The topological polar surface area (TPSA) is 29.3 Å². The van der Waals surface area contributed by atoms with Crippen LogP contribution in [0.5, 0.6) is 0 Å². The van der Waals surface area contributed by atoms with Crippen molar-refractivity contribution >= 4 is 0 Å². The molecule has 104 valence electrons. The molecule has 1 aromatic rings. The number of halogens is 1. The van der Waals surface area contributed by atoms with Gasteiger partial charge in [0.15, 0.2) is 0 Å². The van der Waals surface area contributed by atoms with Gasteiger partial charge in [0.05, 0.1) is 0 Å². The number of nitrogens with zero attached hydrogens (tertiary/aromatic N) is 1. The molecule has 0 aromatic heterocycles. The Morgan fingerprint density at radius 3 is 2.63 bits per heavy atom. The van der Waals surface area contributed by atoms with Crippen LogP contribution in [0.4, 0.5) is 4.39 Å². The third kappa shape index (κ3) is 2.98. The van der Waals surface area contributed by atoms with Crippen LogP contribution in [0.1, 0.15) is 43.6 Å². The normalized spacial score (nSPS) is 32.6. The second-order valence-corrected chi connectivity index (χ2v) is 6.11. The van der Waals surface area contributed by atoms with Gasteiger partial charge in [0, 0.05) is 18.6 Å². The number of hydrogen-bond donors (Lipinski definition) is 1. The summed E-state index contributed by atoms with van der Waals surface area (Å²) in [7, 11) is 0. The zero-order valence-corrected chi connectivity index (χ0v) is 11.4. The van der Waals surface area contributed by atoms with Crippen LogP contribution in [0.3, 0.4) is 0 Å². The molecule has 0 spiro atoms. The fourth-order valence-electron chi connectivity index (χ4n) is 3.70. The second-order valence-electron chi connectivity index (χ2n) is 6.11. The largest absolute Gasteiger partial charge is 0.327 e. The van der Waals surface area contributed by atoms with Crippen LogP contribution >= 0.6 is 0 Å². The minimum Gasteiger partial charge on any atom is -0.327 e. The highest BCUT2D eigenvalue weighted by Gasteiger charge is 2.31. The zero-order chi connectivity index (χ0) is 13.2. The molecule has 1 saturated carbocycles. The molecule has 1 saturated heterocycles. The predicted molar refractivity (Wildman–Crippen MR) is 75.6 cm³/mol. The Morgan fingerprint density at radius 2 is 1.89 bits per heavy atom. The second kappa shape index (κ2) is 5.59. The average Bonchev–Trinajstić information content (AvgIpc) is 2.89. The van der Waals surface area contributed by atoms with Crippen LogP contribution in [-0.4, -0.2) is 30.1 Å². The van der Waals surface area contributed by atoms with Gasteiger partial charge in [-0.25, -0.2) is 4.39 Å². The molecular weight excluding hydrogens is 239 g/mol. The lowest BCUT2D eigenvalue weighted by Crippen LogP contribution is -2.46. The molecule has 3 unspecified atom stereocenters. The molecule has 3 atom stereocenters. The Morgan fingerprint density at radius 1 is 1.11 bits per heavy atom. The van der Waals surface area contributed by atoms with Gasteiger partial charge in [0.1, 0.15) is 5.82 Å². The molecule has 2 N–H and O–H groups in total. The minimum absolute atomic E-state index is 0.139. The van der Waals surface area contributed by atoms with Gasteiger partial charge >= 0.3 is 0 Å². The van der Waals surface area contributed by atoms with Crippen LogP contribution in [-0.2, 0) is 0 Å². The molecule has 1 heterocycles. The summed E-state index contributed by atoms with van der Waals surface area (Å²) in [6.45, 7) is 2.26. The van der Waals surface area contributed by atoms with Gasteiger partial charge in [-0.1, -0.05) is 12.1 Å². The Labute approximate surface area is 114 Å². The molecule has 0 amide bonds. The minimum atomic E-state index is -0.139. The van der Waals surface area contributed by atoms with Crippen molar-refractivity contribution in [1.82, 2.24) is 4.90 Å². The molecule has 3 heteroatoms. The summed E-state index contributed by atoms with van der Waals surface area (Å²) in [6.07, 6.45) is 6.10. The maximum atomic E-state index is 13.0. The van der Waals surface area contributed by atoms with E-state index in [2.05, 4.69) is 4.90 Å². The van der Waals surface area contributed by atoms with E-state index in [0.29, 0.717) is 18.0 Å². The van der Waals surface area contributed by atoms with Gasteiger partial charge in [-0.05, 0) is 62.3 Å². The first-order valence-electron chi connectivity index (χ1n) is 7.47. The molecular formula is C16H23FN2. The van der Waals surface area contributed by atoms with Crippen molar-refractivity contribution in [1.29, 1.82) is 0 Å². The maximum absolute atomic E-state index is 13.0. The first-order chi connectivity index (χ1) is 9.22. The molecule has 2 nitrogen and oxygen atoms in total. The summed E-state index contributed by atoms with van der Waals surface area (Å²) in [5.41, 5.74) is 7.37. The predicted octanol–water partition coefficient (Wildman–Crippen LogP) is 2.88. The van der Waals surface area contributed by atoms with E-state index in [1.165, 1.54) is 44.2 Å². The van der Waals surface area contributed by atoms with Crippen LogP contribution in [0.25, 0.3) is 0 Å². The lowest BCUT2D eigenvalue weighted by atomic mass is 9.97. The highest BCUT2D eigenvalue weighted by atomic mass is 19.1. The fourth-order valence-corrected chi connectivity index (χ4v) is 3.70.